The van der Waals surface area contributed by atoms with Gasteiger partial charge in [-0.2, -0.15) is 0 Å². The van der Waals surface area contributed by atoms with Crippen LogP contribution in [0.5, 0.6) is 11.6 Å². The number of hydrogen-bond donors (Lipinski definition) is 2. The number of amides is 1. The Morgan fingerprint density at radius 2 is 2.00 bits per heavy atom. The van der Waals surface area contributed by atoms with Crippen molar-refractivity contribution in [2.75, 3.05) is 24.6 Å². The standard InChI is InChI=1S/C25H33ClN4O4/c1-16(23(31)29-18-5-4-6-18)17-7-9-19(10-8-17)34-20-11-12-30(13-20)22-21(26)24(28-15-27-22)33-14-25(2,3)32/h7-10,15-16,18,20,32H,4-6,11-14H2,1-3H3,(H,29,31). The molecule has 1 saturated carbocycles. The SMILES string of the molecule is CC(C(=O)NC1CCC1)c1ccc(OC2CCN(c3ncnc(OCC(C)(C)O)c3Cl)C2)cc1. The molecule has 9 heteroatoms. The summed E-state index contributed by atoms with van der Waals surface area (Å²) in [5.41, 5.74) is -0.0158. The maximum absolute atomic E-state index is 12.4. The van der Waals surface area contributed by atoms with Gasteiger partial charge in [-0.15, -0.1) is 0 Å². The average Bonchev–Trinajstić information content (AvgIpc) is 3.23. The van der Waals surface area contributed by atoms with Crippen LogP contribution in [0.25, 0.3) is 0 Å². The van der Waals surface area contributed by atoms with Crippen molar-refractivity contribution in [1.82, 2.24) is 15.3 Å². The first-order valence-electron chi connectivity index (χ1n) is 11.9. The van der Waals surface area contributed by atoms with Gasteiger partial charge in [-0.25, -0.2) is 9.97 Å². The predicted molar refractivity (Wildman–Crippen MR) is 131 cm³/mol. The monoisotopic (exact) mass is 488 g/mol. The number of carbonyl (C=O) groups is 1. The summed E-state index contributed by atoms with van der Waals surface area (Å²) in [6.45, 7) is 6.69. The van der Waals surface area contributed by atoms with E-state index in [1.165, 1.54) is 12.7 Å². The van der Waals surface area contributed by atoms with E-state index in [-0.39, 0.29) is 30.4 Å². The highest BCUT2D eigenvalue weighted by Gasteiger charge is 2.29. The molecule has 2 aromatic rings. The minimum atomic E-state index is -0.991. The summed E-state index contributed by atoms with van der Waals surface area (Å²) in [6.07, 6.45) is 5.58. The zero-order chi connectivity index (χ0) is 24.3. The largest absolute Gasteiger partial charge is 0.489 e. The highest BCUT2D eigenvalue weighted by molar-refractivity contribution is 6.34. The van der Waals surface area contributed by atoms with Crippen molar-refractivity contribution < 1.29 is 19.4 Å². The summed E-state index contributed by atoms with van der Waals surface area (Å²) in [5.74, 6) is 1.51. The van der Waals surface area contributed by atoms with Crippen LogP contribution in [0.1, 0.15) is 57.9 Å². The summed E-state index contributed by atoms with van der Waals surface area (Å²) in [7, 11) is 0. The van der Waals surface area contributed by atoms with Crippen molar-refractivity contribution in [3.8, 4) is 11.6 Å². The van der Waals surface area contributed by atoms with Crippen LogP contribution in [0, 0.1) is 0 Å². The van der Waals surface area contributed by atoms with E-state index in [2.05, 4.69) is 15.3 Å². The van der Waals surface area contributed by atoms with Crippen LogP contribution in [0.4, 0.5) is 5.82 Å². The summed E-state index contributed by atoms with van der Waals surface area (Å²) >= 11 is 6.50. The van der Waals surface area contributed by atoms with Gasteiger partial charge in [-0.1, -0.05) is 23.7 Å². The Balaban J connectivity index is 1.32. The Morgan fingerprint density at radius 1 is 1.26 bits per heavy atom. The highest BCUT2D eigenvalue weighted by Crippen LogP contribution is 2.33. The first-order chi connectivity index (χ1) is 16.2. The lowest BCUT2D eigenvalue weighted by Gasteiger charge is -2.28. The molecule has 8 nitrogen and oxygen atoms in total. The molecule has 1 aliphatic heterocycles. The van der Waals surface area contributed by atoms with Crippen molar-refractivity contribution in [2.24, 2.45) is 0 Å². The van der Waals surface area contributed by atoms with Gasteiger partial charge in [0.25, 0.3) is 0 Å². The fraction of sp³-hybridized carbons (Fsp3) is 0.560. The zero-order valence-corrected chi connectivity index (χ0v) is 20.7. The number of anilines is 1. The molecular weight excluding hydrogens is 456 g/mol. The molecule has 2 atom stereocenters. The van der Waals surface area contributed by atoms with Gasteiger partial charge in [0.2, 0.25) is 11.8 Å². The first kappa shape index (κ1) is 24.5. The lowest BCUT2D eigenvalue weighted by molar-refractivity contribution is -0.123. The molecule has 2 N–H and O–H groups in total. The molecule has 2 aliphatic rings. The van der Waals surface area contributed by atoms with Crippen molar-refractivity contribution in [3.63, 3.8) is 0 Å². The Kier molecular flexibility index (Phi) is 7.48. The van der Waals surface area contributed by atoms with Crippen LogP contribution < -0.4 is 19.7 Å². The molecule has 1 aromatic heterocycles. The number of ether oxygens (including phenoxy) is 2. The summed E-state index contributed by atoms with van der Waals surface area (Å²) in [5, 5.41) is 13.3. The third kappa shape index (κ3) is 6.10. The van der Waals surface area contributed by atoms with Gasteiger partial charge in [0.05, 0.1) is 18.1 Å². The van der Waals surface area contributed by atoms with Crippen LogP contribution >= 0.6 is 11.6 Å². The third-order valence-corrected chi connectivity index (χ3v) is 6.60. The second-order valence-corrected chi connectivity index (χ2v) is 10.2. The molecule has 2 fully saturated rings. The average molecular weight is 489 g/mol. The van der Waals surface area contributed by atoms with Crippen LogP contribution in [0.15, 0.2) is 30.6 Å². The van der Waals surface area contributed by atoms with E-state index >= 15 is 0 Å². The highest BCUT2D eigenvalue weighted by atomic mass is 35.5. The number of benzene rings is 1. The summed E-state index contributed by atoms with van der Waals surface area (Å²) < 4.78 is 11.8. The molecule has 2 heterocycles. The fourth-order valence-electron chi connectivity index (χ4n) is 3.99. The Morgan fingerprint density at radius 3 is 2.65 bits per heavy atom. The molecule has 0 bridgehead atoms. The lowest BCUT2D eigenvalue weighted by Crippen LogP contribution is -2.41. The molecule has 0 radical (unpaired) electrons. The second-order valence-electron chi connectivity index (χ2n) is 9.82. The number of carbonyl (C=O) groups excluding carboxylic acids is 1. The number of nitrogens with one attached hydrogen (secondary N) is 1. The normalized spacial score (nSPS) is 19.4. The molecular formula is C25H33ClN4O4. The van der Waals surface area contributed by atoms with Crippen LogP contribution in [-0.4, -0.2) is 58.4 Å². The summed E-state index contributed by atoms with van der Waals surface area (Å²) in [6, 6.07) is 8.10. The lowest BCUT2D eigenvalue weighted by atomic mass is 9.91. The molecule has 1 amide bonds. The summed E-state index contributed by atoms with van der Waals surface area (Å²) in [4.78, 5) is 22.9. The second kappa shape index (κ2) is 10.4. The Labute approximate surface area is 205 Å². The first-order valence-corrected chi connectivity index (χ1v) is 12.2. The maximum Gasteiger partial charge on any atom is 0.238 e. The van der Waals surface area contributed by atoms with E-state index in [9.17, 15) is 9.90 Å². The van der Waals surface area contributed by atoms with E-state index < -0.39 is 5.60 Å². The van der Waals surface area contributed by atoms with Gasteiger partial charge in [0.1, 0.15) is 29.8 Å². The number of aromatic nitrogens is 2. The van der Waals surface area contributed by atoms with E-state index in [4.69, 9.17) is 21.1 Å². The van der Waals surface area contributed by atoms with Gasteiger partial charge in [-0.3, -0.25) is 4.79 Å². The van der Waals surface area contributed by atoms with Crippen LogP contribution in [-0.2, 0) is 4.79 Å². The minimum Gasteiger partial charge on any atom is -0.489 e. The van der Waals surface area contributed by atoms with Crippen molar-refractivity contribution in [3.05, 3.63) is 41.2 Å². The van der Waals surface area contributed by atoms with E-state index in [1.54, 1.807) is 13.8 Å². The third-order valence-electron chi connectivity index (χ3n) is 6.27. The Bertz CT molecular complexity index is 991. The number of nitrogens with zero attached hydrogens (tertiary/aromatic N) is 3. The number of rotatable bonds is 9. The van der Waals surface area contributed by atoms with E-state index in [0.29, 0.717) is 23.4 Å². The van der Waals surface area contributed by atoms with Crippen LogP contribution in [0.3, 0.4) is 0 Å². The van der Waals surface area contributed by atoms with Gasteiger partial charge < -0.3 is 24.8 Å². The zero-order valence-electron chi connectivity index (χ0n) is 20.0. The topological polar surface area (TPSA) is 96.8 Å². The fourth-order valence-corrected chi connectivity index (χ4v) is 4.26. The molecule has 1 aliphatic carbocycles. The molecule has 1 saturated heterocycles. The smallest absolute Gasteiger partial charge is 0.238 e. The molecule has 184 valence electrons. The molecule has 1 aromatic carbocycles. The van der Waals surface area contributed by atoms with Gasteiger partial charge in [-0.05, 0) is 57.7 Å². The predicted octanol–water partition coefficient (Wildman–Crippen LogP) is 3.71. The number of halogens is 1. The van der Waals surface area contributed by atoms with Gasteiger partial charge in [0.15, 0.2) is 5.82 Å². The molecule has 4 rings (SSSR count). The van der Waals surface area contributed by atoms with Crippen molar-refractivity contribution in [1.29, 1.82) is 0 Å². The quantitative estimate of drug-likeness (QED) is 0.555. The minimum absolute atomic E-state index is 0.0167. The van der Waals surface area contributed by atoms with E-state index in [0.717, 1.165) is 37.1 Å². The molecule has 34 heavy (non-hydrogen) atoms. The number of aliphatic hydroxyl groups is 1. The van der Waals surface area contributed by atoms with Crippen molar-refractivity contribution >= 4 is 23.3 Å². The number of hydrogen-bond acceptors (Lipinski definition) is 7. The van der Waals surface area contributed by atoms with Gasteiger partial charge >= 0.3 is 0 Å². The van der Waals surface area contributed by atoms with Crippen LogP contribution in [0.2, 0.25) is 5.02 Å². The Hall–Kier alpha value is -2.58. The van der Waals surface area contributed by atoms with Crippen molar-refractivity contribution in [2.45, 2.75) is 70.1 Å². The maximum atomic E-state index is 12.4. The molecule has 0 spiro atoms. The van der Waals surface area contributed by atoms with Gasteiger partial charge in [0, 0.05) is 19.0 Å². The molecule has 2 unspecified atom stereocenters. The van der Waals surface area contributed by atoms with E-state index in [1.807, 2.05) is 36.1 Å².